The molecule has 2 heteroatoms. The van der Waals surface area contributed by atoms with Gasteiger partial charge in [0.1, 0.15) is 0 Å². The van der Waals surface area contributed by atoms with Gasteiger partial charge in [-0.3, -0.25) is 0 Å². The first-order valence-corrected chi connectivity index (χ1v) is 6.62. The van der Waals surface area contributed by atoms with Crippen molar-refractivity contribution < 1.29 is 0 Å². The summed E-state index contributed by atoms with van der Waals surface area (Å²) in [6.45, 7) is 0.636. The van der Waals surface area contributed by atoms with Gasteiger partial charge in [0.15, 0.2) is 0 Å². The first-order chi connectivity index (χ1) is 7.38. The molecule has 1 nitrogen and oxygen atoms in total. The molecule has 0 atom stereocenters. The molecule has 2 N–H and O–H groups in total. The lowest BCUT2D eigenvalue weighted by Crippen LogP contribution is -2.27. The molecule has 0 heterocycles. The molecule has 0 spiro atoms. The zero-order valence-electron chi connectivity index (χ0n) is 8.69. The van der Waals surface area contributed by atoms with Crippen LogP contribution in [0.5, 0.6) is 0 Å². The van der Waals surface area contributed by atoms with E-state index in [1.807, 2.05) is 0 Å². The topological polar surface area (TPSA) is 26.0 Å². The number of nitrogens with two attached hydrogens (primary N) is 1. The highest BCUT2D eigenvalue weighted by atomic mass is 28.2. The van der Waals surface area contributed by atoms with Crippen molar-refractivity contribution in [1.29, 1.82) is 0 Å². The van der Waals surface area contributed by atoms with Gasteiger partial charge in [-0.05, 0) is 5.56 Å². The fourth-order valence-corrected chi connectivity index (χ4v) is 3.30. The molecule has 0 aliphatic heterocycles. The van der Waals surface area contributed by atoms with E-state index < -0.39 is 0 Å². The number of benzene rings is 2. The summed E-state index contributed by atoms with van der Waals surface area (Å²) in [6.07, 6.45) is 0. The molecule has 0 saturated carbocycles. The maximum Gasteiger partial charge on any atom is 0.0875 e. The Balaban J connectivity index is 2.17. The van der Waals surface area contributed by atoms with Crippen LogP contribution >= 0.6 is 0 Å². The molecule has 2 rings (SSSR count). The fourth-order valence-electron chi connectivity index (χ4n) is 1.70. The summed E-state index contributed by atoms with van der Waals surface area (Å²) < 4.78 is 0. The van der Waals surface area contributed by atoms with Gasteiger partial charge in [0.05, 0.1) is 9.52 Å². The molecule has 0 saturated heterocycles. The lowest BCUT2D eigenvalue weighted by atomic mass is 10.2. The summed E-state index contributed by atoms with van der Waals surface area (Å²) in [6, 6.07) is 19.3. The normalized spacial score (nSPS) is 11.0. The van der Waals surface area contributed by atoms with Crippen LogP contribution in [0.15, 0.2) is 54.6 Å². The van der Waals surface area contributed by atoms with Crippen molar-refractivity contribution in [2.75, 3.05) is 0 Å². The van der Waals surface area contributed by atoms with Gasteiger partial charge in [0.2, 0.25) is 0 Å². The minimum Gasteiger partial charge on any atom is -0.326 e. The third kappa shape index (κ3) is 2.78. The highest BCUT2D eigenvalue weighted by Gasteiger charge is 1.97. The van der Waals surface area contributed by atoms with Crippen LogP contribution in [-0.2, 0) is 6.54 Å². The van der Waals surface area contributed by atoms with Crippen LogP contribution in [0.3, 0.4) is 0 Å². The van der Waals surface area contributed by atoms with Gasteiger partial charge in [0.25, 0.3) is 0 Å². The molecular weight excluding hydrogens is 198 g/mol. The molecule has 2 aromatic rings. The summed E-state index contributed by atoms with van der Waals surface area (Å²) in [5.74, 6) is 0. The summed E-state index contributed by atoms with van der Waals surface area (Å²) in [4.78, 5) is 0. The Kier molecular flexibility index (Phi) is 3.32. The number of hydrogen-bond donors (Lipinski definition) is 1. The second-order valence-corrected chi connectivity index (χ2v) is 5.67. The van der Waals surface area contributed by atoms with Crippen LogP contribution in [0, 0.1) is 0 Å². The standard InChI is InChI=1S/C13H15NSi/c14-10-11-5-4-8-13(9-11)15-12-6-2-1-3-7-12/h1-9H,10,14-15H2. The largest absolute Gasteiger partial charge is 0.326 e. The van der Waals surface area contributed by atoms with Crippen molar-refractivity contribution in [3.8, 4) is 0 Å². The Morgan fingerprint density at radius 3 is 2.33 bits per heavy atom. The number of hydrogen-bond acceptors (Lipinski definition) is 1. The van der Waals surface area contributed by atoms with Gasteiger partial charge >= 0.3 is 0 Å². The van der Waals surface area contributed by atoms with E-state index in [2.05, 4.69) is 54.6 Å². The molecule has 0 aromatic heterocycles. The molecule has 15 heavy (non-hydrogen) atoms. The summed E-state index contributed by atoms with van der Waals surface area (Å²) in [5.41, 5.74) is 6.86. The fraction of sp³-hybridized carbons (Fsp3) is 0.0769. The van der Waals surface area contributed by atoms with Crippen molar-refractivity contribution in [2.24, 2.45) is 5.73 Å². The van der Waals surface area contributed by atoms with E-state index in [1.165, 1.54) is 15.9 Å². The van der Waals surface area contributed by atoms with Crippen LogP contribution in [0.1, 0.15) is 5.56 Å². The SMILES string of the molecule is NCc1cccc([SiH2]c2ccccc2)c1. The number of rotatable bonds is 3. The lowest BCUT2D eigenvalue weighted by Gasteiger charge is -2.03. The van der Waals surface area contributed by atoms with Gasteiger partial charge in [0, 0.05) is 6.54 Å². The molecule has 2 aromatic carbocycles. The third-order valence-electron chi connectivity index (χ3n) is 2.48. The smallest absolute Gasteiger partial charge is 0.0875 e. The Labute approximate surface area is 92.8 Å². The summed E-state index contributed by atoms with van der Waals surface area (Å²) in [5, 5.41) is 2.94. The maximum atomic E-state index is 5.63. The Bertz CT molecular complexity index is 426. The van der Waals surface area contributed by atoms with Crippen LogP contribution in [0.2, 0.25) is 0 Å². The molecule has 0 radical (unpaired) electrons. The zero-order chi connectivity index (χ0) is 10.5. The summed E-state index contributed by atoms with van der Waals surface area (Å²) >= 11 is 0. The Morgan fingerprint density at radius 1 is 0.867 bits per heavy atom. The van der Waals surface area contributed by atoms with Gasteiger partial charge < -0.3 is 5.73 Å². The van der Waals surface area contributed by atoms with E-state index in [-0.39, 0.29) is 9.52 Å². The minimum absolute atomic E-state index is 0.320. The van der Waals surface area contributed by atoms with Crippen LogP contribution in [0.4, 0.5) is 0 Å². The van der Waals surface area contributed by atoms with Crippen LogP contribution in [0.25, 0.3) is 0 Å². The minimum atomic E-state index is -0.320. The lowest BCUT2D eigenvalue weighted by molar-refractivity contribution is 1.07. The first kappa shape index (κ1) is 10.1. The molecule has 0 bridgehead atoms. The van der Waals surface area contributed by atoms with Crippen molar-refractivity contribution in [1.82, 2.24) is 0 Å². The molecule has 0 aliphatic rings. The van der Waals surface area contributed by atoms with Crippen molar-refractivity contribution >= 4 is 19.9 Å². The average Bonchev–Trinajstić information content (AvgIpc) is 2.31. The predicted octanol–water partition coefficient (Wildman–Crippen LogP) is 0.265. The van der Waals surface area contributed by atoms with Crippen LogP contribution < -0.4 is 16.1 Å². The highest BCUT2D eigenvalue weighted by molar-refractivity contribution is 6.67. The Hall–Kier alpha value is -1.38. The molecule has 0 amide bonds. The molecular formula is C13H15NSi. The van der Waals surface area contributed by atoms with Crippen molar-refractivity contribution in [2.45, 2.75) is 6.54 Å². The zero-order valence-corrected chi connectivity index (χ0v) is 10.1. The highest BCUT2D eigenvalue weighted by Crippen LogP contribution is 1.94. The second kappa shape index (κ2) is 4.91. The predicted molar refractivity (Wildman–Crippen MR) is 68.6 cm³/mol. The van der Waals surface area contributed by atoms with E-state index in [0.29, 0.717) is 6.54 Å². The van der Waals surface area contributed by atoms with E-state index in [0.717, 1.165) is 0 Å². The second-order valence-electron chi connectivity index (χ2n) is 3.69. The van der Waals surface area contributed by atoms with Crippen molar-refractivity contribution in [3.63, 3.8) is 0 Å². The Morgan fingerprint density at radius 2 is 1.60 bits per heavy atom. The van der Waals surface area contributed by atoms with Gasteiger partial charge in [-0.1, -0.05) is 65.0 Å². The molecule has 0 unspecified atom stereocenters. The third-order valence-corrected chi connectivity index (χ3v) is 4.21. The molecule has 76 valence electrons. The van der Waals surface area contributed by atoms with Gasteiger partial charge in [-0.25, -0.2) is 0 Å². The van der Waals surface area contributed by atoms with Crippen LogP contribution in [-0.4, -0.2) is 9.52 Å². The van der Waals surface area contributed by atoms with E-state index in [4.69, 9.17) is 5.73 Å². The van der Waals surface area contributed by atoms with E-state index in [1.54, 1.807) is 0 Å². The van der Waals surface area contributed by atoms with E-state index in [9.17, 15) is 0 Å². The first-order valence-electron chi connectivity index (χ1n) is 5.20. The monoisotopic (exact) mass is 213 g/mol. The van der Waals surface area contributed by atoms with E-state index >= 15 is 0 Å². The molecule has 0 aliphatic carbocycles. The van der Waals surface area contributed by atoms with Gasteiger partial charge in [-0.2, -0.15) is 0 Å². The quantitative estimate of drug-likeness (QED) is 0.728. The molecule has 0 fully saturated rings. The maximum absolute atomic E-state index is 5.63. The van der Waals surface area contributed by atoms with Gasteiger partial charge in [-0.15, -0.1) is 0 Å². The summed E-state index contributed by atoms with van der Waals surface area (Å²) in [7, 11) is -0.320. The average molecular weight is 213 g/mol. The van der Waals surface area contributed by atoms with Crippen molar-refractivity contribution in [3.05, 3.63) is 60.2 Å².